The van der Waals surface area contributed by atoms with Crippen LogP contribution in [0.5, 0.6) is 0 Å². The first-order valence-corrected chi connectivity index (χ1v) is 4.08. The van der Waals surface area contributed by atoms with Crippen molar-refractivity contribution in [2.75, 3.05) is 0 Å². The van der Waals surface area contributed by atoms with E-state index in [0.717, 1.165) is 12.7 Å². The van der Waals surface area contributed by atoms with Crippen LogP contribution < -0.4 is 5.32 Å². The Labute approximate surface area is 102 Å². The van der Waals surface area contributed by atoms with Crippen LogP contribution in [-0.2, 0) is 37.5 Å². The Morgan fingerprint density at radius 3 is 2.54 bits per heavy atom. The number of carboxylic acid groups (broad SMARTS) is 1. The molecule has 4 nitrogen and oxygen atoms in total. The molecule has 2 N–H and O–H groups in total. The third-order valence-electron chi connectivity index (χ3n) is 2.45. The molecule has 0 unspecified atom stereocenters. The van der Waals surface area contributed by atoms with Gasteiger partial charge in [-0.3, -0.25) is 0 Å². The van der Waals surface area contributed by atoms with Crippen LogP contribution in [0.4, 0.5) is 4.79 Å². The van der Waals surface area contributed by atoms with E-state index >= 15 is 0 Å². The van der Waals surface area contributed by atoms with E-state index in [1.54, 1.807) is 0 Å². The first-order valence-electron chi connectivity index (χ1n) is 4.08. The third kappa shape index (κ3) is 3.73. The van der Waals surface area contributed by atoms with Crippen molar-refractivity contribution in [2.24, 2.45) is 11.8 Å². The number of amides is 1. The van der Waals surface area contributed by atoms with Crippen LogP contribution >= 0.6 is 0 Å². The first kappa shape index (κ1) is 13.0. The molecule has 1 aliphatic carbocycles. The summed E-state index contributed by atoms with van der Waals surface area (Å²) in [4.78, 5) is 20.7. The standard InChI is InChI=1S/C8H13NO3.Y/c1-5-2-7(9-8(11)12)3-6(5)4-10;/h4-7,9H,2-3H2,1H3,(H,11,12);/t5-,6+,7-;/m0./s1. The molecule has 1 saturated carbocycles. The second-order valence-corrected chi connectivity index (χ2v) is 3.40. The van der Waals surface area contributed by atoms with Gasteiger partial charge in [0, 0.05) is 44.7 Å². The number of nitrogens with one attached hydrogen (secondary N) is 1. The number of hydrogen-bond donors (Lipinski definition) is 2. The van der Waals surface area contributed by atoms with Gasteiger partial charge in [0.1, 0.15) is 6.29 Å². The van der Waals surface area contributed by atoms with E-state index < -0.39 is 6.09 Å². The van der Waals surface area contributed by atoms with Crippen molar-refractivity contribution in [1.82, 2.24) is 5.32 Å². The maximum atomic E-state index is 10.5. The molecule has 1 amide bonds. The Morgan fingerprint density at radius 2 is 2.15 bits per heavy atom. The second kappa shape index (κ2) is 5.71. The zero-order valence-corrected chi connectivity index (χ0v) is 10.4. The number of carbonyl (C=O) groups excluding carboxylic acids is 1. The molecule has 3 atom stereocenters. The fourth-order valence-electron chi connectivity index (χ4n) is 1.76. The van der Waals surface area contributed by atoms with Gasteiger partial charge in [-0.25, -0.2) is 4.79 Å². The molecule has 0 aromatic carbocycles. The van der Waals surface area contributed by atoms with Gasteiger partial charge in [-0.2, -0.15) is 0 Å². The molecular formula is C8H13NO3Y. The van der Waals surface area contributed by atoms with Crippen molar-refractivity contribution < 1.29 is 47.4 Å². The van der Waals surface area contributed by atoms with E-state index in [1.165, 1.54) is 0 Å². The van der Waals surface area contributed by atoms with Gasteiger partial charge < -0.3 is 15.2 Å². The summed E-state index contributed by atoms with van der Waals surface area (Å²) in [7, 11) is 0. The Hall–Kier alpha value is 0.0439. The molecule has 0 spiro atoms. The Bertz CT molecular complexity index is 198. The van der Waals surface area contributed by atoms with Gasteiger partial charge in [-0.1, -0.05) is 6.92 Å². The smallest absolute Gasteiger partial charge is 0.404 e. The zero-order chi connectivity index (χ0) is 9.14. The van der Waals surface area contributed by atoms with Crippen molar-refractivity contribution >= 4 is 12.4 Å². The van der Waals surface area contributed by atoms with E-state index in [9.17, 15) is 9.59 Å². The van der Waals surface area contributed by atoms with Crippen molar-refractivity contribution in [2.45, 2.75) is 25.8 Å². The molecule has 13 heavy (non-hydrogen) atoms. The molecule has 1 aliphatic rings. The van der Waals surface area contributed by atoms with Crippen LogP contribution in [0, 0.1) is 11.8 Å². The van der Waals surface area contributed by atoms with Gasteiger partial charge in [0.2, 0.25) is 0 Å². The molecule has 0 aliphatic heterocycles. The summed E-state index contributed by atoms with van der Waals surface area (Å²) < 4.78 is 0. The number of carbonyl (C=O) groups is 2. The quantitative estimate of drug-likeness (QED) is 0.724. The second-order valence-electron chi connectivity index (χ2n) is 3.40. The van der Waals surface area contributed by atoms with Crippen LogP contribution in [0.25, 0.3) is 0 Å². The van der Waals surface area contributed by atoms with Gasteiger partial charge in [0.05, 0.1) is 0 Å². The van der Waals surface area contributed by atoms with Gasteiger partial charge >= 0.3 is 6.09 Å². The largest absolute Gasteiger partial charge is 0.465 e. The first-order chi connectivity index (χ1) is 5.63. The normalized spacial score (nSPS) is 31.9. The van der Waals surface area contributed by atoms with Crippen molar-refractivity contribution in [3.8, 4) is 0 Å². The minimum Gasteiger partial charge on any atom is -0.465 e. The SMILES string of the molecule is C[C@H]1C[C@H](NC(=O)O)C[C@@H]1C=O.[Y]. The Balaban J connectivity index is 0.00000144. The van der Waals surface area contributed by atoms with Crippen LogP contribution in [0.1, 0.15) is 19.8 Å². The van der Waals surface area contributed by atoms with Crippen LogP contribution in [-0.4, -0.2) is 23.5 Å². The Kier molecular flexibility index (Phi) is 5.73. The molecule has 0 bridgehead atoms. The number of hydrogen-bond acceptors (Lipinski definition) is 2. The monoisotopic (exact) mass is 260 g/mol. The molecule has 71 valence electrons. The number of rotatable bonds is 2. The molecule has 0 aromatic heterocycles. The topological polar surface area (TPSA) is 66.4 Å². The minimum absolute atomic E-state index is 0. The Morgan fingerprint density at radius 1 is 1.54 bits per heavy atom. The van der Waals surface area contributed by atoms with Gasteiger partial charge in [-0.05, 0) is 18.8 Å². The maximum Gasteiger partial charge on any atom is 0.404 e. The summed E-state index contributed by atoms with van der Waals surface area (Å²) in [5.41, 5.74) is 0. The van der Waals surface area contributed by atoms with Crippen molar-refractivity contribution in [3.63, 3.8) is 0 Å². The van der Waals surface area contributed by atoms with Gasteiger partial charge in [-0.15, -0.1) is 0 Å². The van der Waals surface area contributed by atoms with E-state index in [4.69, 9.17) is 5.11 Å². The van der Waals surface area contributed by atoms with Gasteiger partial charge in [0.25, 0.3) is 0 Å². The van der Waals surface area contributed by atoms with Gasteiger partial charge in [0.15, 0.2) is 0 Å². The third-order valence-corrected chi connectivity index (χ3v) is 2.45. The summed E-state index contributed by atoms with van der Waals surface area (Å²) in [5.74, 6) is 0.334. The van der Waals surface area contributed by atoms with E-state index in [2.05, 4.69) is 5.32 Å². The van der Waals surface area contributed by atoms with Crippen LogP contribution in [0.2, 0.25) is 0 Å². The molecule has 0 heterocycles. The molecule has 0 saturated heterocycles. The molecule has 0 aromatic rings. The average Bonchev–Trinajstić information content (AvgIpc) is 2.29. The average molecular weight is 260 g/mol. The maximum absolute atomic E-state index is 10.5. The number of aldehydes is 1. The summed E-state index contributed by atoms with van der Waals surface area (Å²) in [5, 5.41) is 10.8. The fraction of sp³-hybridized carbons (Fsp3) is 0.750. The van der Waals surface area contributed by atoms with E-state index in [0.29, 0.717) is 12.3 Å². The van der Waals surface area contributed by atoms with Crippen LogP contribution in [0.3, 0.4) is 0 Å². The molecule has 1 rings (SSSR count). The molecule has 1 fully saturated rings. The van der Waals surface area contributed by atoms with Crippen molar-refractivity contribution in [3.05, 3.63) is 0 Å². The molecule has 5 heteroatoms. The summed E-state index contributed by atoms with van der Waals surface area (Å²) in [6, 6.07) is -0.0345. The minimum atomic E-state index is -1.00. The summed E-state index contributed by atoms with van der Waals surface area (Å²) in [6.45, 7) is 1.97. The van der Waals surface area contributed by atoms with E-state index in [1.807, 2.05) is 6.92 Å². The molecular weight excluding hydrogens is 247 g/mol. The summed E-state index contributed by atoms with van der Waals surface area (Å²) >= 11 is 0. The van der Waals surface area contributed by atoms with Crippen LogP contribution in [0.15, 0.2) is 0 Å². The predicted molar refractivity (Wildman–Crippen MR) is 42.9 cm³/mol. The van der Waals surface area contributed by atoms with Crippen molar-refractivity contribution in [1.29, 1.82) is 0 Å². The van der Waals surface area contributed by atoms with E-state index in [-0.39, 0.29) is 44.7 Å². The fourth-order valence-corrected chi connectivity index (χ4v) is 1.76. The molecule has 1 radical (unpaired) electrons. The predicted octanol–water partition coefficient (Wildman–Crippen LogP) is 0.865. The zero-order valence-electron chi connectivity index (χ0n) is 7.56. The summed E-state index contributed by atoms with van der Waals surface area (Å²) in [6.07, 6.45) is 1.35.